The first-order chi connectivity index (χ1) is 7.09. The molecule has 1 heterocycles. The molecule has 2 amide bonds. The lowest BCUT2D eigenvalue weighted by atomic mass is 10.4. The molecule has 0 aliphatic rings. The fourth-order valence-corrected chi connectivity index (χ4v) is 1.46. The van der Waals surface area contributed by atoms with Gasteiger partial charge in [-0.15, -0.1) is 0 Å². The Kier molecular flexibility index (Phi) is 4.17. The molecule has 0 saturated heterocycles. The van der Waals surface area contributed by atoms with E-state index in [0.29, 0.717) is 24.6 Å². The zero-order valence-electron chi connectivity index (χ0n) is 7.96. The van der Waals surface area contributed by atoms with E-state index < -0.39 is 6.03 Å². The SMILES string of the molecule is NC(=O)NCCNc1ncc(N)cc1Br. The molecule has 15 heavy (non-hydrogen) atoms. The molecule has 0 unspecified atom stereocenters. The summed E-state index contributed by atoms with van der Waals surface area (Å²) in [5, 5.41) is 5.47. The molecule has 0 aliphatic heterocycles. The number of nitrogens with zero attached hydrogens (tertiary/aromatic N) is 1. The van der Waals surface area contributed by atoms with Crippen LogP contribution < -0.4 is 22.1 Å². The third-order valence-corrected chi connectivity index (χ3v) is 2.18. The van der Waals surface area contributed by atoms with E-state index in [1.54, 1.807) is 12.3 Å². The molecule has 7 heteroatoms. The number of hydrogen-bond acceptors (Lipinski definition) is 4. The minimum absolute atomic E-state index is 0.438. The normalized spacial score (nSPS) is 9.67. The maximum Gasteiger partial charge on any atom is 0.312 e. The predicted octanol–water partition coefficient (Wildman–Crippen LogP) is 0.507. The van der Waals surface area contributed by atoms with Crippen molar-refractivity contribution < 1.29 is 4.79 Å². The van der Waals surface area contributed by atoms with Gasteiger partial charge in [0.15, 0.2) is 0 Å². The van der Waals surface area contributed by atoms with Crippen LogP contribution in [0.25, 0.3) is 0 Å². The van der Waals surface area contributed by atoms with Crippen LogP contribution in [0.15, 0.2) is 16.7 Å². The zero-order valence-corrected chi connectivity index (χ0v) is 9.54. The number of nitrogens with two attached hydrogens (primary N) is 2. The molecule has 1 aromatic heterocycles. The van der Waals surface area contributed by atoms with E-state index in [4.69, 9.17) is 11.5 Å². The van der Waals surface area contributed by atoms with Crippen LogP contribution in [0, 0.1) is 0 Å². The molecule has 0 radical (unpaired) electrons. The first-order valence-electron chi connectivity index (χ1n) is 4.28. The van der Waals surface area contributed by atoms with Gasteiger partial charge in [-0.25, -0.2) is 9.78 Å². The molecular formula is C8H12BrN5O. The summed E-state index contributed by atoms with van der Waals surface area (Å²) in [4.78, 5) is 14.4. The minimum atomic E-state index is -0.541. The van der Waals surface area contributed by atoms with E-state index in [-0.39, 0.29) is 0 Å². The smallest absolute Gasteiger partial charge is 0.312 e. The molecule has 0 aliphatic carbocycles. The van der Waals surface area contributed by atoms with E-state index in [9.17, 15) is 4.79 Å². The number of urea groups is 1. The van der Waals surface area contributed by atoms with Crippen LogP contribution in [0.5, 0.6) is 0 Å². The third-order valence-electron chi connectivity index (χ3n) is 1.58. The summed E-state index contributed by atoms with van der Waals surface area (Å²) in [6.07, 6.45) is 1.55. The number of carbonyl (C=O) groups is 1. The van der Waals surface area contributed by atoms with Gasteiger partial charge in [-0.05, 0) is 22.0 Å². The van der Waals surface area contributed by atoms with Gasteiger partial charge in [0.25, 0.3) is 0 Å². The van der Waals surface area contributed by atoms with Gasteiger partial charge in [0.1, 0.15) is 5.82 Å². The number of pyridine rings is 1. The predicted molar refractivity (Wildman–Crippen MR) is 62.4 cm³/mol. The maximum atomic E-state index is 10.4. The summed E-state index contributed by atoms with van der Waals surface area (Å²) >= 11 is 3.31. The van der Waals surface area contributed by atoms with E-state index >= 15 is 0 Å². The summed E-state index contributed by atoms with van der Waals surface area (Å²) in [6, 6.07) is 1.21. The van der Waals surface area contributed by atoms with Crippen LogP contribution in [-0.4, -0.2) is 24.1 Å². The highest BCUT2D eigenvalue weighted by Gasteiger charge is 2.00. The van der Waals surface area contributed by atoms with Crippen molar-refractivity contribution >= 4 is 33.5 Å². The summed E-state index contributed by atoms with van der Waals surface area (Å²) < 4.78 is 0.779. The van der Waals surface area contributed by atoms with Crippen molar-refractivity contribution in [1.29, 1.82) is 0 Å². The average Bonchev–Trinajstić information content (AvgIpc) is 2.14. The van der Waals surface area contributed by atoms with E-state index in [2.05, 4.69) is 31.5 Å². The molecule has 0 spiro atoms. The standard InChI is InChI=1S/C8H12BrN5O/c9-6-3-5(10)4-14-7(6)12-1-2-13-8(11)15/h3-4H,1-2,10H2,(H,12,14)(H3,11,13,15). The summed E-state index contributed by atoms with van der Waals surface area (Å²) in [6.45, 7) is 0.978. The van der Waals surface area contributed by atoms with Gasteiger partial charge in [0.05, 0.1) is 16.4 Å². The van der Waals surface area contributed by atoms with Crippen LogP contribution in [0.2, 0.25) is 0 Å². The lowest BCUT2D eigenvalue weighted by Crippen LogP contribution is -2.33. The van der Waals surface area contributed by atoms with Crippen molar-refractivity contribution in [3.05, 3.63) is 16.7 Å². The van der Waals surface area contributed by atoms with Gasteiger partial charge < -0.3 is 22.1 Å². The Bertz CT molecular complexity index is 357. The van der Waals surface area contributed by atoms with Crippen molar-refractivity contribution in [2.24, 2.45) is 5.73 Å². The summed E-state index contributed by atoms with van der Waals surface area (Å²) in [5.74, 6) is 0.676. The van der Waals surface area contributed by atoms with Crippen molar-refractivity contribution in [1.82, 2.24) is 10.3 Å². The number of nitrogens with one attached hydrogen (secondary N) is 2. The molecular weight excluding hydrogens is 262 g/mol. The highest BCUT2D eigenvalue weighted by Crippen LogP contribution is 2.21. The number of primary amides is 1. The van der Waals surface area contributed by atoms with Gasteiger partial charge in [-0.1, -0.05) is 0 Å². The fraction of sp³-hybridized carbons (Fsp3) is 0.250. The number of rotatable bonds is 4. The molecule has 0 aromatic carbocycles. The monoisotopic (exact) mass is 273 g/mol. The van der Waals surface area contributed by atoms with Gasteiger partial charge in [0, 0.05) is 13.1 Å². The van der Waals surface area contributed by atoms with Gasteiger partial charge >= 0.3 is 6.03 Å². The Hall–Kier alpha value is -1.50. The Labute approximate surface area is 95.6 Å². The molecule has 82 valence electrons. The number of aromatic nitrogens is 1. The zero-order chi connectivity index (χ0) is 11.3. The second-order valence-electron chi connectivity index (χ2n) is 2.82. The Morgan fingerprint density at radius 2 is 2.27 bits per heavy atom. The summed E-state index contributed by atoms with van der Waals surface area (Å²) in [7, 11) is 0. The van der Waals surface area contributed by atoms with Crippen molar-refractivity contribution in [2.75, 3.05) is 24.1 Å². The molecule has 0 bridgehead atoms. The number of amides is 2. The highest BCUT2D eigenvalue weighted by atomic mass is 79.9. The van der Waals surface area contributed by atoms with E-state index in [1.165, 1.54) is 0 Å². The molecule has 6 nitrogen and oxygen atoms in total. The maximum absolute atomic E-state index is 10.4. The van der Waals surface area contributed by atoms with Gasteiger partial charge in [-0.2, -0.15) is 0 Å². The first-order valence-corrected chi connectivity index (χ1v) is 5.07. The third kappa shape index (κ3) is 4.03. The van der Waals surface area contributed by atoms with Crippen LogP contribution in [0.4, 0.5) is 16.3 Å². The Balaban J connectivity index is 2.40. The lowest BCUT2D eigenvalue weighted by molar-refractivity contribution is 0.249. The molecule has 1 rings (SSSR count). The Morgan fingerprint density at radius 3 is 2.87 bits per heavy atom. The summed E-state index contributed by atoms with van der Waals surface area (Å²) in [5.41, 5.74) is 11.0. The number of anilines is 2. The molecule has 0 fully saturated rings. The van der Waals surface area contributed by atoms with E-state index in [0.717, 1.165) is 4.47 Å². The Morgan fingerprint density at radius 1 is 1.53 bits per heavy atom. The number of nitrogen functional groups attached to an aromatic ring is 1. The minimum Gasteiger partial charge on any atom is -0.397 e. The molecule has 1 aromatic rings. The van der Waals surface area contributed by atoms with E-state index in [1.807, 2.05) is 0 Å². The van der Waals surface area contributed by atoms with Crippen LogP contribution in [-0.2, 0) is 0 Å². The average molecular weight is 274 g/mol. The van der Waals surface area contributed by atoms with Crippen LogP contribution in [0.1, 0.15) is 0 Å². The molecule has 0 atom stereocenters. The van der Waals surface area contributed by atoms with Crippen LogP contribution in [0.3, 0.4) is 0 Å². The number of halogens is 1. The quantitative estimate of drug-likeness (QED) is 0.600. The lowest BCUT2D eigenvalue weighted by Gasteiger charge is -2.07. The van der Waals surface area contributed by atoms with Crippen molar-refractivity contribution in [2.45, 2.75) is 0 Å². The second-order valence-corrected chi connectivity index (χ2v) is 3.67. The van der Waals surface area contributed by atoms with Crippen molar-refractivity contribution in [3.8, 4) is 0 Å². The molecule has 6 N–H and O–H groups in total. The van der Waals surface area contributed by atoms with Crippen LogP contribution >= 0.6 is 15.9 Å². The number of hydrogen-bond donors (Lipinski definition) is 4. The molecule has 0 saturated carbocycles. The largest absolute Gasteiger partial charge is 0.397 e. The highest BCUT2D eigenvalue weighted by molar-refractivity contribution is 9.10. The number of carbonyl (C=O) groups excluding carboxylic acids is 1. The topological polar surface area (TPSA) is 106 Å². The van der Waals surface area contributed by atoms with Gasteiger partial charge in [0.2, 0.25) is 0 Å². The first kappa shape index (κ1) is 11.6. The van der Waals surface area contributed by atoms with Crippen molar-refractivity contribution in [3.63, 3.8) is 0 Å². The second kappa shape index (κ2) is 5.40. The fourth-order valence-electron chi connectivity index (χ4n) is 0.949. The van der Waals surface area contributed by atoms with Gasteiger partial charge in [-0.3, -0.25) is 0 Å².